The number of rotatable bonds is 4. The minimum Gasteiger partial charge on any atom is -0.309 e. The summed E-state index contributed by atoms with van der Waals surface area (Å²) in [7, 11) is 0. The summed E-state index contributed by atoms with van der Waals surface area (Å²) in [5.74, 6) is 0.886. The van der Waals surface area contributed by atoms with Crippen LogP contribution in [-0.2, 0) is 0 Å². The van der Waals surface area contributed by atoms with Crippen LogP contribution in [0.3, 0.4) is 0 Å². The lowest BCUT2D eigenvalue weighted by Gasteiger charge is -2.15. The summed E-state index contributed by atoms with van der Waals surface area (Å²) in [5.41, 5.74) is 11.2. The van der Waals surface area contributed by atoms with E-state index in [0.29, 0.717) is 0 Å². The van der Waals surface area contributed by atoms with Crippen molar-refractivity contribution in [1.82, 2.24) is 18.7 Å². The highest BCUT2D eigenvalue weighted by Crippen LogP contribution is 2.41. The van der Waals surface area contributed by atoms with Crippen molar-refractivity contribution in [2.45, 2.75) is 0 Å². The second kappa shape index (κ2) is 10.8. The van der Waals surface area contributed by atoms with Gasteiger partial charge in [0.1, 0.15) is 5.82 Å². The summed E-state index contributed by atoms with van der Waals surface area (Å²) in [6, 6.07) is 65.3. The third-order valence-electron chi connectivity index (χ3n) is 10.4. The van der Waals surface area contributed by atoms with Crippen LogP contribution in [0.15, 0.2) is 182 Å². The van der Waals surface area contributed by atoms with Gasteiger partial charge < -0.3 is 9.13 Å². The van der Waals surface area contributed by atoms with Crippen molar-refractivity contribution in [3.8, 4) is 28.5 Å². The van der Waals surface area contributed by atoms with Gasteiger partial charge in [-0.05, 0) is 54.6 Å². The molecular formula is C47H30N4. The first kappa shape index (κ1) is 28.0. The van der Waals surface area contributed by atoms with E-state index in [1.165, 1.54) is 43.4 Å². The normalized spacial score (nSPS) is 11.9. The van der Waals surface area contributed by atoms with Crippen LogP contribution >= 0.6 is 0 Å². The average Bonchev–Trinajstić information content (AvgIpc) is 3.83. The van der Waals surface area contributed by atoms with E-state index in [4.69, 9.17) is 4.98 Å². The maximum Gasteiger partial charge on any atom is 0.140 e. The molecule has 11 aromatic rings. The van der Waals surface area contributed by atoms with Gasteiger partial charge in [0, 0.05) is 49.6 Å². The molecule has 0 N–H and O–H groups in total. The van der Waals surface area contributed by atoms with Crippen LogP contribution in [0.2, 0.25) is 0 Å². The molecule has 4 heteroatoms. The fraction of sp³-hybridized carbons (Fsp3) is 0. The van der Waals surface area contributed by atoms with E-state index in [1.807, 2.05) is 0 Å². The van der Waals surface area contributed by atoms with Gasteiger partial charge in [-0.15, -0.1) is 0 Å². The van der Waals surface area contributed by atoms with Crippen LogP contribution < -0.4 is 0 Å². The van der Waals surface area contributed by atoms with Gasteiger partial charge in [-0.3, -0.25) is 4.57 Å². The molecule has 0 amide bonds. The van der Waals surface area contributed by atoms with Crippen LogP contribution in [0.1, 0.15) is 0 Å². The number of para-hydroxylation sites is 5. The maximum atomic E-state index is 5.39. The highest BCUT2D eigenvalue weighted by atomic mass is 15.1. The van der Waals surface area contributed by atoms with Crippen molar-refractivity contribution in [3.63, 3.8) is 0 Å². The van der Waals surface area contributed by atoms with Gasteiger partial charge in [-0.1, -0.05) is 121 Å². The molecule has 7 aromatic carbocycles. The van der Waals surface area contributed by atoms with Gasteiger partial charge in [0.2, 0.25) is 0 Å². The molecule has 0 spiro atoms. The summed E-state index contributed by atoms with van der Waals surface area (Å²) in [6.07, 6.45) is 0. The second-order valence-electron chi connectivity index (χ2n) is 13.2. The molecule has 0 unspecified atom stereocenters. The molecule has 11 rings (SSSR count). The standard InChI is InChI=1S/C47H30N4/c1-3-15-31(16-4-1)40-27-33(28-47(48-40)51-43-25-13-7-19-34(43)35-20-8-14-26-44(35)51)50-42-24-12-10-22-37(42)39-29-45-38(30-46(39)50)36-21-9-11-23-41(36)49(45)32-17-5-2-6-18-32/h1-30H. The van der Waals surface area contributed by atoms with Crippen molar-refractivity contribution < 1.29 is 0 Å². The molecule has 0 saturated carbocycles. The van der Waals surface area contributed by atoms with Crippen LogP contribution in [-0.4, -0.2) is 18.7 Å². The van der Waals surface area contributed by atoms with E-state index in [2.05, 4.69) is 196 Å². The van der Waals surface area contributed by atoms with Crippen molar-refractivity contribution in [1.29, 1.82) is 0 Å². The maximum absolute atomic E-state index is 5.39. The number of aromatic nitrogens is 4. The summed E-state index contributed by atoms with van der Waals surface area (Å²) >= 11 is 0. The molecule has 238 valence electrons. The lowest BCUT2D eigenvalue weighted by atomic mass is 10.1. The summed E-state index contributed by atoms with van der Waals surface area (Å²) in [4.78, 5) is 5.39. The Hall–Kier alpha value is -6.91. The Morgan fingerprint density at radius 3 is 1.24 bits per heavy atom. The Bertz CT molecular complexity index is 3070. The highest BCUT2D eigenvalue weighted by molar-refractivity contribution is 6.19. The Balaban J connectivity index is 1.27. The first-order valence-corrected chi connectivity index (χ1v) is 17.4. The minimum absolute atomic E-state index is 0.886. The number of hydrogen-bond acceptors (Lipinski definition) is 1. The molecule has 51 heavy (non-hydrogen) atoms. The van der Waals surface area contributed by atoms with Crippen LogP contribution in [0, 0.1) is 0 Å². The van der Waals surface area contributed by atoms with Crippen molar-refractivity contribution in [2.24, 2.45) is 0 Å². The number of nitrogens with zero attached hydrogens (tertiary/aromatic N) is 4. The topological polar surface area (TPSA) is 27.7 Å². The molecule has 0 bridgehead atoms. The van der Waals surface area contributed by atoms with E-state index >= 15 is 0 Å². The fourth-order valence-electron chi connectivity index (χ4n) is 8.24. The number of hydrogen-bond donors (Lipinski definition) is 0. The van der Waals surface area contributed by atoms with Gasteiger partial charge in [0.25, 0.3) is 0 Å². The fourth-order valence-corrected chi connectivity index (χ4v) is 8.24. The van der Waals surface area contributed by atoms with Crippen molar-refractivity contribution in [3.05, 3.63) is 182 Å². The largest absolute Gasteiger partial charge is 0.309 e. The lowest BCUT2D eigenvalue weighted by molar-refractivity contribution is 1.06. The molecular weight excluding hydrogens is 621 g/mol. The quantitative estimate of drug-likeness (QED) is 0.186. The zero-order valence-corrected chi connectivity index (χ0v) is 27.6. The van der Waals surface area contributed by atoms with Crippen molar-refractivity contribution in [2.75, 3.05) is 0 Å². The van der Waals surface area contributed by atoms with Gasteiger partial charge in [-0.2, -0.15) is 0 Å². The first-order valence-electron chi connectivity index (χ1n) is 17.4. The molecule has 0 fully saturated rings. The monoisotopic (exact) mass is 650 g/mol. The smallest absolute Gasteiger partial charge is 0.140 e. The van der Waals surface area contributed by atoms with E-state index in [9.17, 15) is 0 Å². The Morgan fingerprint density at radius 2 is 0.706 bits per heavy atom. The second-order valence-corrected chi connectivity index (χ2v) is 13.2. The molecule has 0 atom stereocenters. The molecule has 0 aliphatic heterocycles. The third-order valence-corrected chi connectivity index (χ3v) is 10.4. The van der Waals surface area contributed by atoms with Gasteiger partial charge in [0.05, 0.1) is 44.5 Å². The number of pyridine rings is 1. The van der Waals surface area contributed by atoms with Gasteiger partial charge in [0.15, 0.2) is 0 Å². The Kier molecular flexibility index (Phi) is 5.92. The number of fused-ring (bicyclic) bond motifs is 9. The van der Waals surface area contributed by atoms with Crippen LogP contribution in [0.5, 0.6) is 0 Å². The summed E-state index contributed by atoms with van der Waals surface area (Å²) in [5, 5.41) is 7.34. The van der Waals surface area contributed by atoms with Crippen LogP contribution in [0.4, 0.5) is 0 Å². The third kappa shape index (κ3) is 4.11. The van der Waals surface area contributed by atoms with E-state index in [0.717, 1.165) is 50.5 Å². The lowest BCUT2D eigenvalue weighted by Crippen LogP contribution is -2.03. The SMILES string of the molecule is c1ccc(-c2cc(-n3c4ccccc4c4cc5c(cc43)c3ccccc3n5-c3ccccc3)cc(-n3c4ccccc4c4ccccc43)n2)cc1. The average molecular weight is 651 g/mol. The Labute approximate surface area is 293 Å². The van der Waals surface area contributed by atoms with Gasteiger partial charge in [-0.25, -0.2) is 4.98 Å². The van der Waals surface area contributed by atoms with Gasteiger partial charge >= 0.3 is 0 Å². The predicted molar refractivity (Wildman–Crippen MR) is 213 cm³/mol. The molecule has 4 aromatic heterocycles. The highest BCUT2D eigenvalue weighted by Gasteiger charge is 2.20. The molecule has 0 saturated heterocycles. The zero-order valence-electron chi connectivity index (χ0n) is 27.6. The predicted octanol–water partition coefficient (Wildman–Crippen LogP) is 12.0. The molecule has 0 aliphatic carbocycles. The van der Waals surface area contributed by atoms with E-state index in [-0.39, 0.29) is 0 Å². The Morgan fingerprint density at radius 1 is 0.294 bits per heavy atom. The summed E-state index contributed by atoms with van der Waals surface area (Å²) in [6.45, 7) is 0. The summed E-state index contributed by atoms with van der Waals surface area (Å²) < 4.78 is 7.15. The molecule has 4 nitrogen and oxygen atoms in total. The molecule has 0 radical (unpaired) electrons. The van der Waals surface area contributed by atoms with E-state index < -0.39 is 0 Å². The molecule has 0 aliphatic rings. The number of benzene rings is 7. The van der Waals surface area contributed by atoms with Crippen LogP contribution in [0.25, 0.3) is 93.9 Å². The molecule has 4 heterocycles. The first-order chi connectivity index (χ1) is 25.3. The van der Waals surface area contributed by atoms with E-state index in [1.54, 1.807) is 0 Å². The minimum atomic E-state index is 0.886. The zero-order chi connectivity index (χ0) is 33.5. The van der Waals surface area contributed by atoms with Crippen molar-refractivity contribution >= 4 is 65.4 Å².